The number of halogens is 2. The van der Waals surface area contributed by atoms with Gasteiger partial charge >= 0.3 is 6.03 Å². The van der Waals surface area contributed by atoms with Crippen molar-refractivity contribution in [3.63, 3.8) is 0 Å². The van der Waals surface area contributed by atoms with Crippen molar-refractivity contribution in [3.05, 3.63) is 58.9 Å². The largest absolute Gasteiger partial charge is 0.490 e. The van der Waals surface area contributed by atoms with Crippen molar-refractivity contribution in [3.8, 4) is 5.75 Å². The van der Waals surface area contributed by atoms with Crippen LogP contribution in [0, 0.1) is 5.82 Å². The van der Waals surface area contributed by atoms with E-state index in [1.165, 1.54) is 19.1 Å². The fourth-order valence-electron chi connectivity index (χ4n) is 1.88. The van der Waals surface area contributed by atoms with Gasteiger partial charge in [0, 0.05) is 11.3 Å². The molecule has 0 heterocycles. The first-order valence-electron chi connectivity index (χ1n) is 7.19. The molecule has 0 saturated carbocycles. The van der Waals surface area contributed by atoms with E-state index in [1.807, 2.05) is 0 Å². The van der Waals surface area contributed by atoms with E-state index < -0.39 is 11.8 Å². The number of Topliss-reactive ketones (excluding diaryl/α,β-unsaturated/α-hetero) is 1. The second-order valence-corrected chi connectivity index (χ2v) is 5.34. The predicted octanol–water partition coefficient (Wildman–Crippen LogP) is 3.88. The van der Waals surface area contributed by atoms with E-state index in [0.29, 0.717) is 17.0 Å². The van der Waals surface area contributed by atoms with Gasteiger partial charge in [-0.3, -0.25) is 4.79 Å². The van der Waals surface area contributed by atoms with Gasteiger partial charge in [-0.15, -0.1) is 0 Å². The van der Waals surface area contributed by atoms with Crippen LogP contribution in [0.15, 0.2) is 42.5 Å². The molecule has 2 rings (SSSR count). The third-order valence-corrected chi connectivity index (χ3v) is 3.38. The van der Waals surface area contributed by atoms with Crippen LogP contribution in [0.1, 0.15) is 17.3 Å². The Bertz CT molecular complexity index is 735. The van der Waals surface area contributed by atoms with E-state index in [-0.39, 0.29) is 24.0 Å². The summed E-state index contributed by atoms with van der Waals surface area (Å²) < 4.78 is 18.2. The number of ketones is 1. The minimum Gasteiger partial charge on any atom is -0.490 e. The zero-order valence-corrected chi connectivity index (χ0v) is 13.7. The first kappa shape index (κ1) is 17.7. The van der Waals surface area contributed by atoms with E-state index in [2.05, 4.69) is 10.6 Å². The molecular weight excluding hydrogens is 335 g/mol. The van der Waals surface area contributed by atoms with E-state index >= 15 is 0 Å². The molecule has 0 radical (unpaired) electrons. The minimum atomic E-state index is -0.444. The number of benzene rings is 2. The molecule has 0 aliphatic carbocycles. The van der Waals surface area contributed by atoms with Crippen molar-refractivity contribution in [2.45, 2.75) is 6.92 Å². The van der Waals surface area contributed by atoms with Gasteiger partial charge < -0.3 is 15.4 Å². The summed E-state index contributed by atoms with van der Waals surface area (Å²) in [5.74, 6) is -0.136. The van der Waals surface area contributed by atoms with Crippen LogP contribution in [0.5, 0.6) is 5.75 Å². The lowest BCUT2D eigenvalue weighted by molar-refractivity contribution is 0.101. The van der Waals surface area contributed by atoms with Crippen LogP contribution < -0.4 is 15.4 Å². The Morgan fingerprint density at radius 1 is 1.17 bits per heavy atom. The summed E-state index contributed by atoms with van der Waals surface area (Å²) in [5, 5.41) is 5.41. The molecule has 2 N–H and O–H groups in total. The Kier molecular flexibility index (Phi) is 6.14. The third kappa shape index (κ3) is 5.24. The van der Waals surface area contributed by atoms with Gasteiger partial charge in [-0.25, -0.2) is 9.18 Å². The number of nitrogens with one attached hydrogen (secondary N) is 2. The van der Waals surface area contributed by atoms with Gasteiger partial charge in [-0.05, 0) is 49.4 Å². The van der Waals surface area contributed by atoms with E-state index in [9.17, 15) is 14.0 Å². The highest BCUT2D eigenvalue weighted by atomic mass is 35.5. The van der Waals surface area contributed by atoms with Crippen LogP contribution >= 0.6 is 11.6 Å². The molecule has 0 saturated heterocycles. The van der Waals surface area contributed by atoms with E-state index in [0.717, 1.165) is 6.07 Å². The van der Waals surface area contributed by atoms with Crippen molar-refractivity contribution in [2.24, 2.45) is 0 Å². The highest BCUT2D eigenvalue weighted by molar-refractivity contribution is 6.32. The Morgan fingerprint density at radius 2 is 1.88 bits per heavy atom. The number of anilines is 1. The smallest absolute Gasteiger partial charge is 0.319 e. The number of hydrogen-bond donors (Lipinski definition) is 2. The van der Waals surface area contributed by atoms with Crippen molar-refractivity contribution in [2.75, 3.05) is 18.5 Å². The molecule has 0 fully saturated rings. The number of urea groups is 1. The summed E-state index contributed by atoms with van der Waals surface area (Å²) in [7, 11) is 0. The van der Waals surface area contributed by atoms with E-state index in [1.54, 1.807) is 24.3 Å². The molecule has 0 spiro atoms. The number of ether oxygens (including phenoxy) is 1. The molecule has 0 bridgehead atoms. The van der Waals surface area contributed by atoms with Gasteiger partial charge in [0.15, 0.2) is 5.78 Å². The van der Waals surface area contributed by atoms with Crippen molar-refractivity contribution >= 4 is 29.1 Å². The second kappa shape index (κ2) is 8.31. The summed E-state index contributed by atoms with van der Waals surface area (Å²) in [6, 6.07) is 9.98. The molecule has 0 atom stereocenters. The number of amides is 2. The molecule has 2 aromatic carbocycles. The molecular formula is C17H16ClFN2O3. The molecule has 2 amide bonds. The molecule has 7 heteroatoms. The number of rotatable bonds is 6. The summed E-state index contributed by atoms with van der Waals surface area (Å²) in [4.78, 5) is 22.9. The maximum atomic E-state index is 12.9. The maximum Gasteiger partial charge on any atom is 0.319 e. The molecule has 0 aliphatic heterocycles. The van der Waals surface area contributed by atoms with Gasteiger partial charge in [-0.2, -0.15) is 0 Å². The highest BCUT2D eigenvalue weighted by Crippen LogP contribution is 2.24. The van der Waals surface area contributed by atoms with Crippen LogP contribution in [0.2, 0.25) is 5.02 Å². The normalized spacial score (nSPS) is 10.1. The van der Waals surface area contributed by atoms with Gasteiger partial charge in [0.05, 0.1) is 11.6 Å². The summed E-state index contributed by atoms with van der Waals surface area (Å²) >= 11 is 5.82. The summed E-state index contributed by atoms with van der Waals surface area (Å²) in [5.41, 5.74) is 1.14. The molecule has 126 valence electrons. The van der Waals surface area contributed by atoms with Crippen LogP contribution in [-0.2, 0) is 0 Å². The first-order valence-corrected chi connectivity index (χ1v) is 7.57. The SMILES string of the molecule is CC(=O)c1ccc(NC(=O)NCCOc2ccc(F)cc2Cl)cc1. The van der Waals surface area contributed by atoms with Crippen LogP contribution in [0.3, 0.4) is 0 Å². The molecule has 0 aromatic heterocycles. The predicted molar refractivity (Wildman–Crippen MR) is 90.4 cm³/mol. The highest BCUT2D eigenvalue weighted by Gasteiger charge is 2.05. The quantitative estimate of drug-likeness (QED) is 0.613. The van der Waals surface area contributed by atoms with E-state index in [4.69, 9.17) is 16.3 Å². The lowest BCUT2D eigenvalue weighted by atomic mass is 10.1. The van der Waals surface area contributed by atoms with Gasteiger partial charge in [0.1, 0.15) is 18.2 Å². The van der Waals surface area contributed by atoms with Crippen LogP contribution in [0.4, 0.5) is 14.9 Å². The molecule has 2 aromatic rings. The van der Waals surface area contributed by atoms with Gasteiger partial charge in [-0.1, -0.05) is 11.6 Å². The van der Waals surface area contributed by atoms with Crippen LogP contribution in [0.25, 0.3) is 0 Å². The zero-order chi connectivity index (χ0) is 17.5. The monoisotopic (exact) mass is 350 g/mol. The Labute approximate surface area is 143 Å². The first-order chi connectivity index (χ1) is 11.5. The lowest BCUT2D eigenvalue weighted by Gasteiger charge is -2.10. The Hall–Kier alpha value is -2.60. The Morgan fingerprint density at radius 3 is 2.50 bits per heavy atom. The number of carbonyl (C=O) groups excluding carboxylic acids is 2. The van der Waals surface area contributed by atoms with Crippen molar-refractivity contribution < 1.29 is 18.7 Å². The fourth-order valence-corrected chi connectivity index (χ4v) is 2.10. The second-order valence-electron chi connectivity index (χ2n) is 4.94. The van der Waals surface area contributed by atoms with Crippen molar-refractivity contribution in [1.29, 1.82) is 0 Å². The van der Waals surface area contributed by atoms with Crippen LogP contribution in [-0.4, -0.2) is 25.0 Å². The fraction of sp³-hybridized carbons (Fsp3) is 0.176. The summed E-state index contributed by atoms with van der Waals surface area (Å²) in [6.07, 6.45) is 0. The topological polar surface area (TPSA) is 67.4 Å². The molecule has 5 nitrogen and oxygen atoms in total. The molecule has 0 unspecified atom stereocenters. The average Bonchev–Trinajstić information content (AvgIpc) is 2.53. The summed E-state index contributed by atoms with van der Waals surface area (Å²) in [6.45, 7) is 1.90. The maximum absolute atomic E-state index is 12.9. The average molecular weight is 351 g/mol. The van der Waals surface area contributed by atoms with Gasteiger partial charge in [0.25, 0.3) is 0 Å². The molecule has 0 aliphatic rings. The number of carbonyl (C=O) groups is 2. The molecule has 24 heavy (non-hydrogen) atoms. The van der Waals surface area contributed by atoms with Gasteiger partial charge in [0.2, 0.25) is 0 Å². The zero-order valence-electron chi connectivity index (χ0n) is 12.9. The third-order valence-electron chi connectivity index (χ3n) is 3.09. The van der Waals surface area contributed by atoms with Crippen molar-refractivity contribution in [1.82, 2.24) is 5.32 Å². The number of hydrogen-bond acceptors (Lipinski definition) is 3. The Balaban J connectivity index is 1.74. The lowest BCUT2D eigenvalue weighted by Crippen LogP contribution is -2.32. The minimum absolute atomic E-state index is 0.0393. The standard InChI is InChI=1S/C17H16ClFN2O3/c1-11(22)12-2-5-14(6-3-12)21-17(23)20-8-9-24-16-7-4-13(19)10-15(16)18/h2-7,10H,8-9H2,1H3,(H2,20,21,23).